The number of nitriles is 1. The van der Waals surface area contributed by atoms with Crippen molar-refractivity contribution in [2.24, 2.45) is 0 Å². The first kappa shape index (κ1) is 12.4. The van der Waals surface area contributed by atoms with Crippen LogP contribution in [0.2, 0.25) is 5.02 Å². The van der Waals surface area contributed by atoms with Crippen LogP contribution in [0.15, 0.2) is 29.1 Å². The van der Waals surface area contributed by atoms with Gasteiger partial charge in [-0.1, -0.05) is 23.7 Å². The van der Waals surface area contributed by atoms with E-state index in [1.54, 1.807) is 19.1 Å². The summed E-state index contributed by atoms with van der Waals surface area (Å²) in [4.78, 5) is 14.5. The number of pyridine rings is 1. The molecular weight excluding hydrogens is 248 g/mol. The van der Waals surface area contributed by atoms with Crippen molar-refractivity contribution in [2.75, 3.05) is 0 Å². The summed E-state index contributed by atoms with van der Waals surface area (Å²) < 4.78 is 0. The van der Waals surface area contributed by atoms with E-state index >= 15 is 0 Å². The van der Waals surface area contributed by atoms with E-state index in [0.29, 0.717) is 16.3 Å². The Balaban J connectivity index is 2.75. The molecule has 0 radical (unpaired) electrons. The number of halogens is 1. The van der Waals surface area contributed by atoms with Crippen molar-refractivity contribution >= 4 is 11.6 Å². The maximum absolute atomic E-state index is 11.8. The fourth-order valence-corrected chi connectivity index (χ4v) is 2.07. The van der Waals surface area contributed by atoms with Gasteiger partial charge < -0.3 is 4.98 Å². The summed E-state index contributed by atoms with van der Waals surface area (Å²) in [5, 5.41) is 9.54. The molecule has 0 atom stereocenters. The molecule has 3 nitrogen and oxygen atoms in total. The second-order valence-corrected chi connectivity index (χ2v) is 4.51. The molecule has 2 rings (SSSR count). The topological polar surface area (TPSA) is 56.6 Å². The molecule has 0 spiro atoms. The van der Waals surface area contributed by atoms with E-state index in [9.17, 15) is 4.79 Å². The van der Waals surface area contributed by atoms with E-state index in [2.05, 4.69) is 4.98 Å². The SMILES string of the molecule is Cc1c(-c2cccc(Cl)c2)[nH]c(=O)c(C#N)c1C. The Morgan fingerprint density at radius 3 is 2.61 bits per heavy atom. The number of rotatable bonds is 1. The zero-order chi connectivity index (χ0) is 13.3. The van der Waals surface area contributed by atoms with Gasteiger partial charge in [0.25, 0.3) is 5.56 Å². The average molecular weight is 259 g/mol. The summed E-state index contributed by atoms with van der Waals surface area (Å²) in [6.07, 6.45) is 0. The molecule has 0 unspecified atom stereocenters. The van der Waals surface area contributed by atoms with Gasteiger partial charge in [-0.25, -0.2) is 0 Å². The lowest BCUT2D eigenvalue weighted by Crippen LogP contribution is -2.14. The molecule has 90 valence electrons. The second kappa shape index (κ2) is 4.67. The maximum atomic E-state index is 11.8. The van der Waals surface area contributed by atoms with E-state index < -0.39 is 0 Å². The molecule has 0 bridgehead atoms. The number of aromatic amines is 1. The first-order chi connectivity index (χ1) is 8.54. The summed E-state index contributed by atoms with van der Waals surface area (Å²) in [5.41, 5.74) is 2.93. The van der Waals surface area contributed by atoms with Crippen molar-refractivity contribution in [3.05, 3.63) is 56.3 Å². The Morgan fingerprint density at radius 2 is 2.00 bits per heavy atom. The van der Waals surface area contributed by atoms with Crippen molar-refractivity contribution in [2.45, 2.75) is 13.8 Å². The Morgan fingerprint density at radius 1 is 1.28 bits per heavy atom. The van der Waals surface area contributed by atoms with E-state index in [4.69, 9.17) is 16.9 Å². The molecule has 18 heavy (non-hydrogen) atoms. The standard InChI is InChI=1S/C14H11ClN2O/c1-8-9(2)13(17-14(18)12(8)7-16)10-4-3-5-11(15)6-10/h3-6H,1-2H3,(H,17,18). The quantitative estimate of drug-likeness (QED) is 0.854. The summed E-state index contributed by atoms with van der Waals surface area (Å²) >= 11 is 5.94. The molecule has 2 aromatic rings. The molecule has 0 saturated heterocycles. The fraction of sp³-hybridized carbons (Fsp3) is 0.143. The zero-order valence-electron chi connectivity index (χ0n) is 10.0. The van der Waals surface area contributed by atoms with Crippen molar-refractivity contribution in [3.8, 4) is 17.3 Å². The third kappa shape index (κ3) is 2.03. The molecule has 1 aromatic carbocycles. The molecule has 1 heterocycles. The highest BCUT2D eigenvalue weighted by atomic mass is 35.5. The van der Waals surface area contributed by atoms with Crippen LogP contribution in [0.25, 0.3) is 11.3 Å². The van der Waals surface area contributed by atoms with Crippen LogP contribution >= 0.6 is 11.6 Å². The van der Waals surface area contributed by atoms with E-state index in [1.807, 2.05) is 25.1 Å². The lowest BCUT2D eigenvalue weighted by Gasteiger charge is -2.10. The third-order valence-electron chi connectivity index (χ3n) is 3.00. The van der Waals surface area contributed by atoms with Crippen molar-refractivity contribution < 1.29 is 0 Å². The van der Waals surface area contributed by atoms with E-state index in [0.717, 1.165) is 11.1 Å². The van der Waals surface area contributed by atoms with Crippen LogP contribution in [0.4, 0.5) is 0 Å². The van der Waals surface area contributed by atoms with Crippen LogP contribution < -0.4 is 5.56 Å². The third-order valence-corrected chi connectivity index (χ3v) is 3.24. The van der Waals surface area contributed by atoms with E-state index in [1.165, 1.54) is 0 Å². The van der Waals surface area contributed by atoms with E-state index in [-0.39, 0.29) is 11.1 Å². The predicted octanol–water partition coefficient (Wildman–Crippen LogP) is 3.18. The van der Waals surface area contributed by atoms with Gasteiger partial charge in [-0.15, -0.1) is 0 Å². The number of aromatic nitrogens is 1. The largest absolute Gasteiger partial charge is 0.321 e. The Hall–Kier alpha value is -2.05. The van der Waals surface area contributed by atoms with Crippen molar-refractivity contribution in [3.63, 3.8) is 0 Å². The number of hydrogen-bond donors (Lipinski definition) is 1. The molecule has 0 amide bonds. The molecule has 0 aliphatic heterocycles. The second-order valence-electron chi connectivity index (χ2n) is 4.08. The van der Waals surface area contributed by atoms with Crippen LogP contribution in [-0.2, 0) is 0 Å². The molecule has 1 aromatic heterocycles. The number of nitrogens with one attached hydrogen (secondary N) is 1. The molecule has 1 N–H and O–H groups in total. The normalized spacial score (nSPS) is 10.1. The van der Waals surface area contributed by atoms with Gasteiger partial charge in [-0.3, -0.25) is 4.79 Å². The first-order valence-corrected chi connectivity index (χ1v) is 5.82. The van der Waals surface area contributed by atoms with Crippen LogP contribution in [0, 0.1) is 25.2 Å². The van der Waals surface area contributed by atoms with Gasteiger partial charge in [0.2, 0.25) is 0 Å². The van der Waals surface area contributed by atoms with Crippen LogP contribution in [0.3, 0.4) is 0 Å². The van der Waals surface area contributed by atoms with Gasteiger partial charge in [0.15, 0.2) is 0 Å². The first-order valence-electron chi connectivity index (χ1n) is 5.44. The van der Waals surface area contributed by atoms with Crippen LogP contribution in [0.1, 0.15) is 16.7 Å². The molecule has 0 aliphatic carbocycles. The number of hydrogen-bond acceptors (Lipinski definition) is 2. The van der Waals surface area contributed by atoms with Gasteiger partial charge >= 0.3 is 0 Å². The minimum Gasteiger partial charge on any atom is -0.321 e. The van der Waals surface area contributed by atoms with Gasteiger partial charge in [0.05, 0.1) is 5.69 Å². The summed E-state index contributed by atoms with van der Waals surface area (Å²) in [7, 11) is 0. The highest BCUT2D eigenvalue weighted by Crippen LogP contribution is 2.25. The van der Waals surface area contributed by atoms with Crippen molar-refractivity contribution in [1.29, 1.82) is 5.26 Å². The number of benzene rings is 1. The number of H-pyrrole nitrogens is 1. The Labute approximate surface area is 110 Å². The van der Waals surface area contributed by atoms with Gasteiger partial charge in [-0.2, -0.15) is 5.26 Å². The smallest absolute Gasteiger partial charge is 0.266 e. The minimum absolute atomic E-state index is 0.165. The number of nitrogens with zero attached hydrogens (tertiary/aromatic N) is 1. The molecule has 0 aliphatic rings. The Bertz CT molecular complexity index is 711. The monoisotopic (exact) mass is 258 g/mol. The molecule has 0 saturated carbocycles. The molecule has 4 heteroatoms. The molecule has 0 fully saturated rings. The Kier molecular flexibility index (Phi) is 3.22. The lowest BCUT2D eigenvalue weighted by atomic mass is 10.00. The van der Waals surface area contributed by atoms with Gasteiger partial charge in [0.1, 0.15) is 11.6 Å². The minimum atomic E-state index is -0.365. The zero-order valence-corrected chi connectivity index (χ0v) is 10.8. The highest BCUT2D eigenvalue weighted by molar-refractivity contribution is 6.30. The lowest BCUT2D eigenvalue weighted by molar-refractivity contribution is 1.14. The van der Waals surface area contributed by atoms with Crippen LogP contribution in [-0.4, -0.2) is 4.98 Å². The average Bonchev–Trinajstić information content (AvgIpc) is 2.34. The fourth-order valence-electron chi connectivity index (χ4n) is 1.88. The highest BCUT2D eigenvalue weighted by Gasteiger charge is 2.12. The van der Waals surface area contributed by atoms with Crippen LogP contribution in [0.5, 0.6) is 0 Å². The summed E-state index contributed by atoms with van der Waals surface area (Å²) in [6.45, 7) is 3.65. The maximum Gasteiger partial charge on any atom is 0.266 e. The predicted molar refractivity (Wildman–Crippen MR) is 71.7 cm³/mol. The van der Waals surface area contributed by atoms with Crippen molar-refractivity contribution in [1.82, 2.24) is 4.98 Å². The van der Waals surface area contributed by atoms with Gasteiger partial charge in [-0.05, 0) is 42.7 Å². The summed E-state index contributed by atoms with van der Waals surface area (Å²) in [5.74, 6) is 0. The van der Waals surface area contributed by atoms with Gasteiger partial charge in [0, 0.05) is 5.02 Å². The summed E-state index contributed by atoms with van der Waals surface area (Å²) in [6, 6.07) is 9.17. The molecular formula is C14H11ClN2O.